The molecule has 10 heteroatoms. The first-order valence-electron chi connectivity index (χ1n) is 10.1. The van der Waals surface area contributed by atoms with Gasteiger partial charge in [0.2, 0.25) is 15.9 Å². The third-order valence-electron chi connectivity index (χ3n) is 5.17. The number of hydrogen-bond donors (Lipinski definition) is 1. The molecule has 3 aromatic rings. The van der Waals surface area contributed by atoms with E-state index in [1.54, 1.807) is 12.1 Å². The molecule has 0 aliphatic carbocycles. The highest BCUT2D eigenvalue weighted by atomic mass is 35.5. The van der Waals surface area contributed by atoms with Gasteiger partial charge in [-0.15, -0.1) is 0 Å². The molecule has 0 spiro atoms. The first kappa shape index (κ1) is 23.2. The Bertz CT molecular complexity index is 1410. The highest BCUT2D eigenvalue weighted by molar-refractivity contribution is 7.89. The molecule has 1 amide bonds. The van der Waals surface area contributed by atoms with Crippen LogP contribution in [-0.4, -0.2) is 44.9 Å². The van der Waals surface area contributed by atoms with Gasteiger partial charge in [0.05, 0.1) is 39.8 Å². The summed E-state index contributed by atoms with van der Waals surface area (Å²) >= 11 is 6.17. The second kappa shape index (κ2) is 9.48. The van der Waals surface area contributed by atoms with E-state index in [9.17, 15) is 18.0 Å². The highest BCUT2D eigenvalue weighted by Gasteiger charge is 2.27. The highest BCUT2D eigenvalue weighted by Crippen LogP contribution is 2.27. The number of aryl methyl sites for hydroxylation is 1. The van der Waals surface area contributed by atoms with E-state index in [-0.39, 0.29) is 39.7 Å². The topological polar surface area (TPSA) is 106 Å². The minimum absolute atomic E-state index is 0.0126. The van der Waals surface area contributed by atoms with E-state index in [1.165, 1.54) is 34.8 Å². The summed E-state index contributed by atoms with van der Waals surface area (Å²) in [6, 6.07) is 9.39. The summed E-state index contributed by atoms with van der Waals surface area (Å²) in [5, 5.41) is 3.16. The van der Waals surface area contributed by atoms with Gasteiger partial charge in [0.1, 0.15) is 11.8 Å². The molecule has 33 heavy (non-hydrogen) atoms. The van der Waals surface area contributed by atoms with Crippen molar-refractivity contribution in [2.45, 2.75) is 11.8 Å². The summed E-state index contributed by atoms with van der Waals surface area (Å²) in [7, 11) is -3.75. The second-order valence-electron chi connectivity index (χ2n) is 7.50. The number of fused-ring (bicyclic) bond motifs is 1. The maximum atomic E-state index is 12.9. The van der Waals surface area contributed by atoms with Crippen LogP contribution < -0.4 is 10.7 Å². The Morgan fingerprint density at radius 2 is 1.91 bits per heavy atom. The number of benzene rings is 2. The van der Waals surface area contributed by atoms with Crippen LogP contribution in [0.3, 0.4) is 0 Å². The Morgan fingerprint density at radius 1 is 1.15 bits per heavy atom. The lowest BCUT2D eigenvalue weighted by Gasteiger charge is -2.26. The third kappa shape index (κ3) is 5.01. The molecule has 0 bridgehead atoms. The van der Waals surface area contributed by atoms with Crippen molar-refractivity contribution >= 4 is 50.3 Å². The van der Waals surface area contributed by atoms with Gasteiger partial charge in [-0.2, -0.15) is 4.31 Å². The quantitative estimate of drug-likeness (QED) is 0.551. The Kier molecular flexibility index (Phi) is 6.66. The zero-order valence-corrected chi connectivity index (χ0v) is 19.3. The van der Waals surface area contributed by atoms with E-state index < -0.39 is 15.9 Å². The maximum absolute atomic E-state index is 12.9. The van der Waals surface area contributed by atoms with E-state index in [4.69, 9.17) is 20.8 Å². The zero-order chi connectivity index (χ0) is 23.6. The number of rotatable bonds is 5. The molecule has 0 radical (unpaired) electrons. The van der Waals surface area contributed by atoms with Crippen molar-refractivity contribution in [1.82, 2.24) is 4.31 Å². The van der Waals surface area contributed by atoms with Gasteiger partial charge < -0.3 is 14.5 Å². The molecule has 2 aromatic carbocycles. The van der Waals surface area contributed by atoms with Crippen LogP contribution in [-0.2, 0) is 19.6 Å². The van der Waals surface area contributed by atoms with Crippen molar-refractivity contribution in [3.63, 3.8) is 0 Å². The molecule has 4 rings (SSSR count). The number of hydrogen-bond acceptors (Lipinski definition) is 6. The monoisotopic (exact) mass is 488 g/mol. The van der Waals surface area contributed by atoms with Crippen LogP contribution in [0.5, 0.6) is 0 Å². The third-order valence-corrected chi connectivity index (χ3v) is 7.40. The first-order valence-corrected chi connectivity index (χ1v) is 12.0. The molecule has 1 aliphatic rings. The van der Waals surface area contributed by atoms with Gasteiger partial charge in [-0.1, -0.05) is 23.2 Å². The molecular weight excluding hydrogens is 468 g/mol. The Hall–Kier alpha value is -2.98. The number of carbonyl (C=O) groups is 1. The van der Waals surface area contributed by atoms with E-state index in [0.717, 1.165) is 11.6 Å². The minimum atomic E-state index is -3.75. The Morgan fingerprint density at radius 3 is 2.67 bits per heavy atom. The zero-order valence-electron chi connectivity index (χ0n) is 17.7. The SMILES string of the molecule is Cc1ccc2occ(/C=C/C(=O)Nc3cc(S(=O)(=O)N4CCOCC4)ccc3Cl)c(=O)c2c1. The van der Waals surface area contributed by atoms with Gasteiger partial charge in [-0.3, -0.25) is 9.59 Å². The van der Waals surface area contributed by atoms with Crippen LogP contribution in [0.25, 0.3) is 17.0 Å². The summed E-state index contributed by atoms with van der Waals surface area (Å²) in [6.45, 7) is 3.02. The van der Waals surface area contributed by atoms with E-state index in [0.29, 0.717) is 24.2 Å². The van der Waals surface area contributed by atoms with Crippen molar-refractivity contribution in [1.29, 1.82) is 0 Å². The predicted octanol–water partition coefficient (Wildman–Crippen LogP) is 3.43. The molecule has 0 unspecified atom stereocenters. The summed E-state index contributed by atoms with van der Waals surface area (Å²) in [5.41, 5.74) is 1.45. The fraction of sp³-hybridized carbons (Fsp3) is 0.217. The summed E-state index contributed by atoms with van der Waals surface area (Å²) in [6.07, 6.45) is 3.78. The van der Waals surface area contributed by atoms with Gasteiger partial charge in [0.15, 0.2) is 5.43 Å². The standard InChI is InChI=1S/C23H21ClN2O6S/c1-15-2-6-21-18(12-15)23(28)16(14-32-21)3-7-22(27)25-20-13-17(4-5-19(20)24)33(29,30)26-8-10-31-11-9-26/h2-7,12-14H,8-11H2,1H3,(H,25,27)/b7-3+. The van der Waals surface area contributed by atoms with Crippen molar-refractivity contribution in [2.75, 3.05) is 31.6 Å². The summed E-state index contributed by atoms with van der Waals surface area (Å²) < 4.78 is 37.7. The van der Waals surface area contributed by atoms with Crippen LogP contribution in [0.15, 0.2) is 62.8 Å². The smallest absolute Gasteiger partial charge is 0.248 e. The van der Waals surface area contributed by atoms with Crippen LogP contribution in [0.2, 0.25) is 5.02 Å². The normalized spacial score (nSPS) is 15.2. The fourth-order valence-corrected chi connectivity index (χ4v) is 5.01. The van der Waals surface area contributed by atoms with Crippen LogP contribution in [0.4, 0.5) is 5.69 Å². The Labute approximate surface area is 195 Å². The summed E-state index contributed by atoms with van der Waals surface area (Å²) in [5.74, 6) is -0.582. The Balaban J connectivity index is 1.55. The van der Waals surface area contributed by atoms with E-state index in [1.807, 2.05) is 13.0 Å². The largest absolute Gasteiger partial charge is 0.463 e. The second-order valence-corrected chi connectivity index (χ2v) is 9.85. The first-order chi connectivity index (χ1) is 15.8. The number of ether oxygens (including phenoxy) is 1. The van der Waals surface area contributed by atoms with Crippen molar-refractivity contribution < 1.29 is 22.4 Å². The van der Waals surface area contributed by atoms with Crippen LogP contribution in [0, 0.1) is 6.92 Å². The van der Waals surface area contributed by atoms with Crippen molar-refractivity contribution in [3.8, 4) is 0 Å². The number of morpholine rings is 1. The lowest BCUT2D eigenvalue weighted by Crippen LogP contribution is -2.40. The van der Waals surface area contributed by atoms with Crippen LogP contribution in [0.1, 0.15) is 11.1 Å². The molecule has 1 N–H and O–H groups in total. The predicted molar refractivity (Wildman–Crippen MR) is 126 cm³/mol. The fourth-order valence-electron chi connectivity index (χ4n) is 3.41. The lowest BCUT2D eigenvalue weighted by atomic mass is 10.1. The molecule has 172 valence electrons. The number of anilines is 1. The molecule has 1 saturated heterocycles. The number of amides is 1. The molecule has 8 nitrogen and oxygen atoms in total. The average Bonchev–Trinajstić information content (AvgIpc) is 2.81. The molecule has 1 fully saturated rings. The molecule has 1 aromatic heterocycles. The summed E-state index contributed by atoms with van der Waals surface area (Å²) in [4.78, 5) is 25.1. The number of carbonyl (C=O) groups excluding carboxylic acids is 1. The van der Waals surface area contributed by atoms with Crippen LogP contribution >= 0.6 is 11.6 Å². The number of nitrogens with one attached hydrogen (secondary N) is 1. The maximum Gasteiger partial charge on any atom is 0.248 e. The number of sulfonamides is 1. The van der Waals surface area contributed by atoms with Gasteiger partial charge in [0.25, 0.3) is 0 Å². The van der Waals surface area contributed by atoms with Crippen molar-refractivity contribution in [3.05, 3.63) is 75.1 Å². The van der Waals surface area contributed by atoms with E-state index >= 15 is 0 Å². The number of nitrogens with zero attached hydrogens (tertiary/aromatic N) is 1. The van der Waals surface area contributed by atoms with Gasteiger partial charge in [-0.05, 0) is 43.3 Å². The molecule has 0 atom stereocenters. The van der Waals surface area contributed by atoms with Gasteiger partial charge >= 0.3 is 0 Å². The average molecular weight is 489 g/mol. The van der Waals surface area contributed by atoms with Gasteiger partial charge in [0, 0.05) is 19.2 Å². The van der Waals surface area contributed by atoms with E-state index in [2.05, 4.69) is 5.32 Å². The number of halogens is 1. The molecular formula is C23H21ClN2O6S. The molecule has 1 aliphatic heterocycles. The minimum Gasteiger partial charge on any atom is -0.463 e. The molecule has 2 heterocycles. The van der Waals surface area contributed by atoms with Crippen molar-refractivity contribution in [2.24, 2.45) is 0 Å². The molecule has 0 saturated carbocycles. The van der Waals surface area contributed by atoms with Gasteiger partial charge in [-0.25, -0.2) is 8.42 Å². The lowest BCUT2D eigenvalue weighted by molar-refractivity contribution is -0.111.